The third-order valence-corrected chi connectivity index (χ3v) is 10.0. The highest BCUT2D eigenvalue weighted by Crippen LogP contribution is 2.47. The van der Waals surface area contributed by atoms with Crippen LogP contribution in [-0.4, -0.2) is 51.7 Å². The number of hydrogen-bond acceptors (Lipinski definition) is 6. The Bertz CT molecular complexity index is 1390. The van der Waals surface area contributed by atoms with Gasteiger partial charge in [0, 0.05) is 42.1 Å². The van der Waals surface area contributed by atoms with Crippen molar-refractivity contribution < 1.29 is 14.3 Å². The molecule has 3 aromatic rings. The van der Waals surface area contributed by atoms with Crippen molar-refractivity contribution in [2.45, 2.75) is 96.4 Å². The van der Waals surface area contributed by atoms with Crippen LogP contribution in [0.4, 0.5) is 0 Å². The number of hydrogen-bond donors (Lipinski definition) is 0. The van der Waals surface area contributed by atoms with Crippen LogP contribution in [0.15, 0.2) is 29.6 Å². The molecule has 1 saturated heterocycles. The normalized spacial score (nSPS) is 18.4. The van der Waals surface area contributed by atoms with E-state index in [9.17, 15) is 9.59 Å². The molecule has 0 atom stereocenters. The summed E-state index contributed by atoms with van der Waals surface area (Å²) < 4.78 is 6.46. The summed E-state index contributed by atoms with van der Waals surface area (Å²) >= 11 is 1.75. The van der Waals surface area contributed by atoms with Crippen molar-refractivity contribution in [3.05, 3.63) is 57.2 Å². The third kappa shape index (κ3) is 5.87. The maximum Gasteiger partial charge on any atom is 0.305 e. The van der Waals surface area contributed by atoms with Crippen LogP contribution in [0.5, 0.6) is 0 Å². The number of esters is 1. The fraction of sp³-hybridized carbons (Fsp3) is 0.562. The molecule has 5 rings (SSSR count). The van der Waals surface area contributed by atoms with E-state index in [-0.39, 0.29) is 35.7 Å². The van der Waals surface area contributed by atoms with Gasteiger partial charge >= 0.3 is 5.97 Å². The number of fused-ring (bicyclic) bond motifs is 1. The fourth-order valence-electron chi connectivity index (χ4n) is 6.15. The molecule has 0 spiro atoms. The molecular formula is C32H42N4O3S. The first-order valence-corrected chi connectivity index (χ1v) is 15.3. The van der Waals surface area contributed by atoms with Gasteiger partial charge in [0.15, 0.2) is 0 Å². The predicted molar refractivity (Wildman–Crippen MR) is 159 cm³/mol. The zero-order valence-corrected chi connectivity index (χ0v) is 25.6. The number of benzene rings is 1. The highest BCUT2D eigenvalue weighted by molar-refractivity contribution is 7.10. The Morgan fingerprint density at radius 3 is 2.45 bits per heavy atom. The molecule has 7 nitrogen and oxygen atoms in total. The van der Waals surface area contributed by atoms with Gasteiger partial charge in [0.05, 0.1) is 29.9 Å². The molecule has 40 heavy (non-hydrogen) atoms. The highest BCUT2D eigenvalue weighted by atomic mass is 32.1. The van der Waals surface area contributed by atoms with Gasteiger partial charge < -0.3 is 9.64 Å². The minimum atomic E-state index is -0.255. The smallest absolute Gasteiger partial charge is 0.305 e. The summed E-state index contributed by atoms with van der Waals surface area (Å²) in [5.41, 5.74) is 7.34. The second-order valence-electron chi connectivity index (χ2n) is 12.8. The molecule has 2 aliphatic rings. The number of aryl methyl sites for hydroxylation is 2. The van der Waals surface area contributed by atoms with E-state index in [0.717, 1.165) is 43.0 Å². The maximum absolute atomic E-state index is 13.1. The lowest BCUT2D eigenvalue weighted by Gasteiger charge is -2.42. The van der Waals surface area contributed by atoms with Crippen LogP contribution in [0.25, 0.3) is 11.3 Å². The molecule has 214 valence electrons. The Morgan fingerprint density at radius 2 is 1.75 bits per heavy atom. The van der Waals surface area contributed by atoms with E-state index >= 15 is 0 Å². The number of methoxy groups -OCH3 is 1. The van der Waals surface area contributed by atoms with Gasteiger partial charge in [0.1, 0.15) is 6.54 Å². The minimum Gasteiger partial charge on any atom is -0.469 e. The summed E-state index contributed by atoms with van der Waals surface area (Å²) in [5.74, 6) is 0.213. The summed E-state index contributed by atoms with van der Waals surface area (Å²) in [7, 11) is 1.39. The van der Waals surface area contributed by atoms with Crippen LogP contribution in [-0.2, 0) is 38.1 Å². The van der Waals surface area contributed by atoms with Gasteiger partial charge in [-0.25, -0.2) is 4.98 Å². The summed E-state index contributed by atoms with van der Waals surface area (Å²) in [6.07, 6.45) is 5.06. The number of piperidine rings is 1. The molecule has 1 aliphatic heterocycles. The number of carbonyl (C=O) groups excluding carboxylic acids is 2. The molecule has 8 heteroatoms. The number of thiazole rings is 1. The highest BCUT2D eigenvalue weighted by Gasteiger charge is 2.37. The van der Waals surface area contributed by atoms with Crippen LogP contribution in [0.1, 0.15) is 93.2 Å². The number of rotatable bonds is 7. The number of amides is 1. The Hall–Kier alpha value is -3.00. The number of aromatic nitrogens is 3. The van der Waals surface area contributed by atoms with E-state index < -0.39 is 0 Å². The molecule has 2 aromatic heterocycles. The number of nitrogens with zero attached hydrogens (tertiary/aromatic N) is 4. The van der Waals surface area contributed by atoms with Crippen LogP contribution < -0.4 is 0 Å². The molecule has 0 bridgehead atoms. The van der Waals surface area contributed by atoms with Crippen molar-refractivity contribution >= 4 is 23.2 Å². The minimum absolute atomic E-state index is 0.0867. The molecule has 0 unspecified atom stereocenters. The van der Waals surface area contributed by atoms with Crippen molar-refractivity contribution in [2.24, 2.45) is 0 Å². The molecule has 1 fully saturated rings. The monoisotopic (exact) mass is 562 g/mol. The summed E-state index contributed by atoms with van der Waals surface area (Å²) in [4.78, 5) is 31.6. The van der Waals surface area contributed by atoms with Crippen molar-refractivity contribution in [1.29, 1.82) is 0 Å². The van der Waals surface area contributed by atoms with E-state index in [1.165, 1.54) is 41.6 Å². The van der Waals surface area contributed by atoms with Crippen molar-refractivity contribution in [3.8, 4) is 11.3 Å². The van der Waals surface area contributed by atoms with Crippen molar-refractivity contribution in [2.75, 3.05) is 20.2 Å². The molecule has 1 aliphatic carbocycles. The van der Waals surface area contributed by atoms with Gasteiger partial charge in [0.25, 0.3) is 0 Å². The van der Waals surface area contributed by atoms with Crippen LogP contribution in [0.2, 0.25) is 0 Å². The molecule has 3 heterocycles. The lowest BCUT2D eigenvalue weighted by atomic mass is 9.63. The zero-order valence-electron chi connectivity index (χ0n) is 24.7. The Morgan fingerprint density at radius 1 is 1.05 bits per heavy atom. The van der Waals surface area contributed by atoms with Gasteiger partial charge in [-0.05, 0) is 66.7 Å². The third-order valence-electron chi connectivity index (χ3n) is 9.00. The Labute approximate surface area is 241 Å². The number of carbonyl (C=O) groups is 2. The molecule has 1 amide bonds. The van der Waals surface area contributed by atoms with E-state index in [1.54, 1.807) is 16.0 Å². The molecule has 0 saturated carbocycles. The van der Waals surface area contributed by atoms with E-state index in [0.29, 0.717) is 12.3 Å². The van der Waals surface area contributed by atoms with E-state index in [1.807, 2.05) is 17.9 Å². The molecule has 0 N–H and O–H groups in total. The average Bonchev–Trinajstić information content (AvgIpc) is 3.57. The van der Waals surface area contributed by atoms with Gasteiger partial charge in [0.2, 0.25) is 5.91 Å². The first-order chi connectivity index (χ1) is 19.0. The molecular weight excluding hydrogens is 520 g/mol. The van der Waals surface area contributed by atoms with Crippen LogP contribution in [0.3, 0.4) is 0 Å². The quantitative estimate of drug-likeness (QED) is 0.322. The summed E-state index contributed by atoms with van der Waals surface area (Å²) in [6.45, 7) is 13.1. The SMILES string of the molecule is COC(=O)CCc1cc(C)n(CC(=O)N2CCC(c3nc(-c4ccc5c(c4)C(C)(C)CCC5(C)C)cs3)CC2)n1. The first-order valence-electron chi connectivity index (χ1n) is 14.5. The van der Waals surface area contributed by atoms with Crippen molar-refractivity contribution in [1.82, 2.24) is 19.7 Å². The topological polar surface area (TPSA) is 77.3 Å². The van der Waals surface area contributed by atoms with Gasteiger partial charge in [-0.1, -0.05) is 39.8 Å². The number of ether oxygens (including phenoxy) is 1. The lowest BCUT2D eigenvalue weighted by Crippen LogP contribution is -2.40. The first kappa shape index (κ1) is 28.5. The fourth-order valence-corrected chi connectivity index (χ4v) is 7.15. The molecule has 1 aromatic carbocycles. The van der Waals surface area contributed by atoms with Crippen molar-refractivity contribution in [3.63, 3.8) is 0 Å². The molecule has 0 radical (unpaired) electrons. The van der Waals surface area contributed by atoms with E-state index in [4.69, 9.17) is 9.72 Å². The summed E-state index contributed by atoms with van der Waals surface area (Å²) in [6, 6.07) is 8.90. The maximum atomic E-state index is 13.1. The van der Waals surface area contributed by atoms with Gasteiger partial charge in [-0.3, -0.25) is 14.3 Å². The van der Waals surface area contributed by atoms with Crippen LogP contribution in [0, 0.1) is 6.92 Å². The largest absolute Gasteiger partial charge is 0.469 e. The predicted octanol–water partition coefficient (Wildman–Crippen LogP) is 6.18. The Balaban J connectivity index is 1.20. The summed E-state index contributed by atoms with van der Waals surface area (Å²) in [5, 5.41) is 7.92. The van der Waals surface area contributed by atoms with Gasteiger partial charge in [-0.15, -0.1) is 11.3 Å². The second-order valence-corrected chi connectivity index (χ2v) is 13.7. The average molecular weight is 563 g/mol. The van der Waals surface area contributed by atoms with Gasteiger partial charge in [-0.2, -0.15) is 5.10 Å². The standard InChI is InChI=1S/C32H42N4O3S/c1-21-17-24(8-10-29(38)39-6)34-36(21)19-28(37)35-15-11-22(12-16-35)30-33-27(20-40-30)23-7-9-25-26(18-23)32(4,5)14-13-31(25,2)3/h7,9,17-18,20,22H,8,10-16,19H2,1-6H3. The van der Waals surface area contributed by atoms with E-state index in [2.05, 4.69) is 56.4 Å². The second kappa shape index (κ2) is 11.1. The zero-order chi connectivity index (χ0) is 28.7. The lowest BCUT2D eigenvalue weighted by molar-refractivity contribution is -0.140. The Kier molecular flexibility index (Phi) is 7.92. The van der Waals surface area contributed by atoms with Crippen LogP contribution >= 0.6 is 11.3 Å². The number of likely N-dealkylation sites (tertiary alicyclic amines) is 1.